The summed E-state index contributed by atoms with van der Waals surface area (Å²) < 4.78 is 7.20. The second-order valence-electron chi connectivity index (χ2n) is 8.97. The molecule has 3 atom stereocenters. The maximum Gasteiger partial charge on any atom is 0.263 e. The van der Waals surface area contributed by atoms with Crippen molar-refractivity contribution < 1.29 is 14.3 Å². The van der Waals surface area contributed by atoms with Gasteiger partial charge in [0.05, 0.1) is 17.3 Å². The van der Waals surface area contributed by atoms with Gasteiger partial charge in [0.2, 0.25) is 5.91 Å². The van der Waals surface area contributed by atoms with Gasteiger partial charge in [0.25, 0.3) is 5.91 Å². The summed E-state index contributed by atoms with van der Waals surface area (Å²) in [4.78, 5) is 25.6. The lowest BCUT2D eigenvalue weighted by atomic mass is 10.0. The highest BCUT2D eigenvalue weighted by molar-refractivity contribution is 5.91. The second kappa shape index (κ2) is 9.40. The number of fused-ring (bicyclic) bond motifs is 1. The Morgan fingerprint density at radius 3 is 2.66 bits per heavy atom. The number of hydrazine groups is 1. The molecule has 0 spiro atoms. The fourth-order valence-corrected chi connectivity index (χ4v) is 4.46. The van der Waals surface area contributed by atoms with Gasteiger partial charge in [-0.1, -0.05) is 24.3 Å². The van der Waals surface area contributed by atoms with Gasteiger partial charge in [0.1, 0.15) is 17.7 Å². The predicted molar refractivity (Wildman–Crippen MR) is 132 cm³/mol. The molecule has 3 unspecified atom stereocenters. The number of hydrogen-bond acceptors (Lipinski definition) is 7. The number of anilines is 2. The van der Waals surface area contributed by atoms with E-state index >= 15 is 0 Å². The molecule has 10 nitrogen and oxygen atoms in total. The van der Waals surface area contributed by atoms with E-state index < -0.39 is 6.29 Å². The molecule has 3 heterocycles. The van der Waals surface area contributed by atoms with Crippen LogP contribution in [0.2, 0.25) is 0 Å². The lowest BCUT2D eigenvalue weighted by Crippen LogP contribution is -2.61. The number of amides is 2. The number of ether oxygens (including phenoxy) is 1. The molecule has 2 fully saturated rings. The fourth-order valence-electron chi connectivity index (χ4n) is 4.46. The summed E-state index contributed by atoms with van der Waals surface area (Å²) in [6.45, 7) is 6.20. The van der Waals surface area contributed by atoms with Crippen molar-refractivity contribution in [3.05, 3.63) is 71.4 Å². The number of rotatable bonds is 6. The molecular formula is C25H29N7O3. The van der Waals surface area contributed by atoms with Gasteiger partial charge >= 0.3 is 0 Å². The standard InChI is InChI=1S/C25H29N7O3/c1-15-6-4-8-18(10-15)31-23-20(13-26-31)24(34)29-25(28-23)32-21(12-17(3)30-32)27-22(33)14-35-19-9-5-7-16(2)11-19/h4-12,20,23,25-26,28H,13-14H2,1-3H3,(H,27,33)(H,29,34). The predicted octanol–water partition coefficient (Wildman–Crippen LogP) is 1.97. The van der Waals surface area contributed by atoms with Crippen molar-refractivity contribution in [2.75, 3.05) is 23.5 Å². The minimum Gasteiger partial charge on any atom is -0.484 e. The summed E-state index contributed by atoms with van der Waals surface area (Å²) >= 11 is 0. The summed E-state index contributed by atoms with van der Waals surface area (Å²) in [6, 6.07) is 17.4. The van der Waals surface area contributed by atoms with Gasteiger partial charge < -0.3 is 15.4 Å². The van der Waals surface area contributed by atoms with Crippen molar-refractivity contribution >= 4 is 23.3 Å². The van der Waals surface area contributed by atoms with E-state index in [1.54, 1.807) is 10.7 Å². The third-order valence-corrected chi connectivity index (χ3v) is 6.09. The van der Waals surface area contributed by atoms with E-state index in [-0.39, 0.29) is 30.5 Å². The number of aryl methyl sites for hydroxylation is 3. The maximum absolute atomic E-state index is 13.0. The van der Waals surface area contributed by atoms with Crippen molar-refractivity contribution in [2.24, 2.45) is 5.92 Å². The zero-order valence-electron chi connectivity index (χ0n) is 19.9. The number of nitrogens with zero attached hydrogens (tertiary/aromatic N) is 3. The van der Waals surface area contributed by atoms with Crippen LogP contribution >= 0.6 is 0 Å². The van der Waals surface area contributed by atoms with E-state index in [2.05, 4.69) is 32.5 Å². The average Bonchev–Trinajstić information content (AvgIpc) is 3.41. The Bertz CT molecular complexity index is 1260. The summed E-state index contributed by atoms with van der Waals surface area (Å²) in [6.07, 6.45) is -0.925. The average molecular weight is 476 g/mol. The van der Waals surface area contributed by atoms with Gasteiger partial charge in [-0.3, -0.25) is 19.9 Å². The first-order valence-corrected chi connectivity index (χ1v) is 11.6. The topological polar surface area (TPSA) is 113 Å². The van der Waals surface area contributed by atoms with Crippen LogP contribution in [-0.4, -0.2) is 40.9 Å². The molecule has 1 aromatic heterocycles. The molecule has 0 saturated carbocycles. The van der Waals surface area contributed by atoms with Crippen LogP contribution < -0.4 is 31.1 Å². The molecular weight excluding hydrogens is 446 g/mol. The van der Waals surface area contributed by atoms with Crippen molar-refractivity contribution in [3.63, 3.8) is 0 Å². The molecule has 10 heteroatoms. The van der Waals surface area contributed by atoms with Crippen LogP contribution in [0.3, 0.4) is 0 Å². The number of nitrogens with one attached hydrogen (secondary N) is 4. The number of carbonyl (C=O) groups is 2. The molecule has 35 heavy (non-hydrogen) atoms. The molecule has 2 amide bonds. The Balaban J connectivity index is 1.31. The van der Waals surface area contributed by atoms with Crippen LogP contribution in [0.5, 0.6) is 5.75 Å². The molecule has 2 aliphatic heterocycles. The Kier molecular flexibility index (Phi) is 6.14. The maximum atomic E-state index is 13.0. The van der Waals surface area contributed by atoms with Crippen LogP contribution in [0.1, 0.15) is 23.1 Å². The lowest BCUT2D eigenvalue weighted by Gasteiger charge is -2.37. The Hall–Kier alpha value is -3.89. The summed E-state index contributed by atoms with van der Waals surface area (Å²) in [7, 11) is 0. The van der Waals surface area contributed by atoms with Crippen LogP contribution in [0, 0.1) is 26.7 Å². The third kappa shape index (κ3) is 4.84. The Morgan fingerprint density at radius 2 is 1.89 bits per heavy atom. The Morgan fingerprint density at radius 1 is 1.11 bits per heavy atom. The Labute approximate surface area is 203 Å². The van der Waals surface area contributed by atoms with Crippen molar-refractivity contribution in [1.82, 2.24) is 25.8 Å². The molecule has 0 radical (unpaired) electrons. The smallest absolute Gasteiger partial charge is 0.263 e. The van der Waals surface area contributed by atoms with Crippen LogP contribution in [0.15, 0.2) is 54.6 Å². The summed E-state index contributed by atoms with van der Waals surface area (Å²) in [5.41, 5.74) is 7.18. The van der Waals surface area contributed by atoms with E-state index in [1.165, 1.54) is 0 Å². The number of aromatic nitrogens is 2. The minimum atomic E-state index is -0.641. The minimum absolute atomic E-state index is 0.0883. The molecule has 3 aromatic rings. The molecule has 2 aromatic carbocycles. The second-order valence-corrected chi connectivity index (χ2v) is 8.97. The summed E-state index contributed by atoms with van der Waals surface area (Å²) in [5.74, 6) is 0.405. The first-order chi connectivity index (χ1) is 16.9. The van der Waals surface area contributed by atoms with Crippen molar-refractivity contribution in [1.29, 1.82) is 0 Å². The zero-order valence-corrected chi connectivity index (χ0v) is 19.9. The molecule has 2 saturated heterocycles. The molecule has 5 rings (SSSR count). The highest BCUT2D eigenvalue weighted by Crippen LogP contribution is 2.28. The first-order valence-electron chi connectivity index (χ1n) is 11.6. The number of hydrogen-bond donors (Lipinski definition) is 4. The molecule has 0 bridgehead atoms. The SMILES string of the molecule is Cc1cccc(OCC(=O)Nc2cc(C)nn2C2NC(=O)C3CNN(c4cccc(C)c4)C3N2)c1. The van der Waals surface area contributed by atoms with Crippen molar-refractivity contribution in [3.8, 4) is 5.75 Å². The van der Waals surface area contributed by atoms with E-state index in [1.807, 2.05) is 68.2 Å². The van der Waals surface area contributed by atoms with E-state index in [0.717, 1.165) is 16.8 Å². The molecule has 2 aliphatic rings. The number of benzene rings is 2. The van der Waals surface area contributed by atoms with Gasteiger partial charge in [-0.15, -0.1) is 0 Å². The van der Waals surface area contributed by atoms with Crippen LogP contribution in [-0.2, 0) is 9.59 Å². The van der Waals surface area contributed by atoms with Crippen LogP contribution in [0.25, 0.3) is 0 Å². The number of carbonyl (C=O) groups excluding carboxylic acids is 2. The van der Waals surface area contributed by atoms with Gasteiger partial charge in [0.15, 0.2) is 12.9 Å². The normalized spacial score (nSPS) is 21.4. The molecule has 0 aliphatic carbocycles. The molecule has 182 valence electrons. The molecule has 4 N–H and O–H groups in total. The third-order valence-electron chi connectivity index (χ3n) is 6.09. The van der Waals surface area contributed by atoms with Gasteiger partial charge in [-0.2, -0.15) is 5.10 Å². The van der Waals surface area contributed by atoms with E-state index in [4.69, 9.17) is 4.74 Å². The van der Waals surface area contributed by atoms with Gasteiger partial charge in [-0.05, 0) is 56.2 Å². The lowest BCUT2D eigenvalue weighted by molar-refractivity contribution is -0.129. The largest absolute Gasteiger partial charge is 0.484 e. The van der Waals surface area contributed by atoms with Gasteiger partial charge in [0, 0.05) is 12.6 Å². The summed E-state index contributed by atoms with van der Waals surface area (Å²) in [5, 5.41) is 15.8. The zero-order chi connectivity index (χ0) is 24.5. The van der Waals surface area contributed by atoms with Crippen molar-refractivity contribution in [2.45, 2.75) is 33.2 Å². The highest BCUT2D eigenvalue weighted by Gasteiger charge is 2.45. The van der Waals surface area contributed by atoms with E-state index in [9.17, 15) is 9.59 Å². The monoisotopic (exact) mass is 475 g/mol. The first kappa shape index (κ1) is 22.9. The highest BCUT2D eigenvalue weighted by atomic mass is 16.5. The van der Waals surface area contributed by atoms with Gasteiger partial charge in [-0.25, -0.2) is 10.1 Å². The van der Waals surface area contributed by atoms with E-state index in [0.29, 0.717) is 23.8 Å². The van der Waals surface area contributed by atoms with Crippen LogP contribution in [0.4, 0.5) is 11.5 Å². The fraction of sp³-hybridized carbons (Fsp3) is 0.320. The quantitative estimate of drug-likeness (QED) is 0.431.